The van der Waals surface area contributed by atoms with Gasteiger partial charge in [-0.05, 0) is 56.2 Å². The van der Waals surface area contributed by atoms with E-state index < -0.39 is 27.3 Å². The van der Waals surface area contributed by atoms with Gasteiger partial charge in [0.05, 0.1) is 16.2 Å². The van der Waals surface area contributed by atoms with Crippen LogP contribution in [0.3, 0.4) is 0 Å². The van der Waals surface area contributed by atoms with E-state index >= 15 is 0 Å². The van der Waals surface area contributed by atoms with Crippen LogP contribution in [0.15, 0.2) is 51.9 Å². The topological polar surface area (TPSA) is 72.6 Å². The summed E-state index contributed by atoms with van der Waals surface area (Å²) in [6.45, 7) is 7.26. The Morgan fingerprint density at radius 1 is 1.06 bits per heavy atom. The highest BCUT2D eigenvalue weighted by Gasteiger charge is 2.30. The number of anilines is 1. The van der Waals surface area contributed by atoms with Crippen LogP contribution in [0.1, 0.15) is 30.9 Å². The van der Waals surface area contributed by atoms with Crippen molar-refractivity contribution in [3.63, 3.8) is 0 Å². The van der Waals surface area contributed by atoms with Crippen LogP contribution >= 0.6 is 0 Å². The molecule has 3 aromatic rings. The summed E-state index contributed by atoms with van der Waals surface area (Å²) in [5, 5.41) is 3.86. The van der Waals surface area contributed by atoms with E-state index in [2.05, 4.69) is 5.16 Å². The summed E-state index contributed by atoms with van der Waals surface area (Å²) in [5.41, 5.74) is 0.942. The van der Waals surface area contributed by atoms with E-state index in [1.54, 1.807) is 27.7 Å². The quantitative estimate of drug-likeness (QED) is 0.483. The van der Waals surface area contributed by atoms with Crippen molar-refractivity contribution in [2.45, 2.75) is 39.2 Å². The molecule has 0 aliphatic heterocycles. The van der Waals surface area contributed by atoms with Gasteiger partial charge < -0.3 is 9.26 Å². The number of halogens is 2. The second kappa shape index (κ2) is 9.05. The van der Waals surface area contributed by atoms with Crippen LogP contribution in [0.4, 0.5) is 14.5 Å². The predicted molar refractivity (Wildman–Crippen MR) is 112 cm³/mol. The molecule has 0 bridgehead atoms. The molecule has 0 radical (unpaired) electrons. The van der Waals surface area contributed by atoms with E-state index in [1.807, 2.05) is 0 Å². The number of hydrogen-bond donors (Lipinski definition) is 0. The van der Waals surface area contributed by atoms with Gasteiger partial charge >= 0.3 is 0 Å². The van der Waals surface area contributed by atoms with Crippen LogP contribution < -0.4 is 9.04 Å². The zero-order chi connectivity index (χ0) is 22.8. The second-order valence-corrected chi connectivity index (χ2v) is 9.43. The molecule has 0 amide bonds. The minimum absolute atomic E-state index is 0.0789. The van der Waals surface area contributed by atoms with Gasteiger partial charge in [0.15, 0.2) is 11.6 Å². The fraction of sp³-hybridized carbons (Fsp3) is 0.318. The molecule has 1 heterocycles. The summed E-state index contributed by atoms with van der Waals surface area (Å²) in [6, 6.07) is 8.96. The normalized spacial score (nSPS) is 11.7. The van der Waals surface area contributed by atoms with E-state index in [9.17, 15) is 17.2 Å². The Balaban J connectivity index is 1.88. The third kappa shape index (κ3) is 4.87. The first-order chi connectivity index (χ1) is 14.6. The van der Waals surface area contributed by atoms with Crippen molar-refractivity contribution in [3.05, 3.63) is 71.1 Å². The number of rotatable bonds is 8. The van der Waals surface area contributed by atoms with E-state index in [-0.39, 0.29) is 24.0 Å². The molecule has 9 heteroatoms. The van der Waals surface area contributed by atoms with Gasteiger partial charge in [-0.15, -0.1) is 0 Å². The average molecular weight is 451 g/mol. The number of sulfonamides is 1. The molecule has 0 spiro atoms. The van der Waals surface area contributed by atoms with Crippen molar-refractivity contribution in [2.24, 2.45) is 5.92 Å². The fourth-order valence-electron chi connectivity index (χ4n) is 3.07. The second-order valence-electron chi connectivity index (χ2n) is 7.56. The van der Waals surface area contributed by atoms with E-state index in [4.69, 9.17) is 9.26 Å². The third-order valence-electron chi connectivity index (χ3n) is 4.69. The lowest BCUT2D eigenvalue weighted by atomic mass is 10.2. The lowest BCUT2D eigenvalue weighted by molar-refractivity contribution is 0.301. The largest absolute Gasteiger partial charge is 0.489 e. The molecule has 0 saturated carbocycles. The number of aromatic nitrogens is 1. The molecule has 0 saturated heterocycles. The number of hydrogen-bond acceptors (Lipinski definition) is 5. The Morgan fingerprint density at radius 2 is 1.68 bits per heavy atom. The zero-order valence-electron chi connectivity index (χ0n) is 17.7. The minimum Gasteiger partial charge on any atom is -0.489 e. The Morgan fingerprint density at radius 3 is 2.19 bits per heavy atom. The molecular weight excluding hydrogens is 426 g/mol. The number of aryl methyl sites for hydroxylation is 2. The summed E-state index contributed by atoms with van der Waals surface area (Å²) in [7, 11) is -4.21. The van der Waals surface area contributed by atoms with Crippen LogP contribution in [0.2, 0.25) is 0 Å². The Hall–Kier alpha value is -2.94. The molecule has 0 N–H and O–H groups in total. The van der Waals surface area contributed by atoms with Crippen LogP contribution in [-0.4, -0.2) is 20.1 Å². The number of benzene rings is 2. The summed E-state index contributed by atoms with van der Waals surface area (Å²) < 4.78 is 66.8. The Kier molecular flexibility index (Phi) is 6.64. The molecule has 3 rings (SSSR count). The van der Waals surface area contributed by atoms with Gasteiger partial charge in [-0.3, -0.25) is 4.31 Å². The van der Waals surface area contributed by atoms with Gasteiger partial charge in [0, 0.05) is 6.54 Å². The van der Waals surface area contributed by atoms with Gasteiger partial charge in [-0.1, -0.05) is 25.1 Å². The smallest absolute Gasteiger partial charge is 0.264 e. The molecule has 2 aromatic carbocycles. The van der Waals surface area contributed by atoms with Gasteiger partial charge in [0.25, 0.3) is 10.0 Å². The van der Waals surface area contributed by atoms with Crippen LogP contribution in [-0.2, 0) is 16.6 Å². The number of ether oxygens (including phenoxy) is 1. The molecule has 6 nitrogen and oxygen atoms in total. The standard InChI is InChI=1S/C22H24F2N2O4S/c1-14(2)12-26(22-20(23)6-5-7-21(22)24)31(27,28)18-10-8-17(9-11-18)29-13-19-15(3)25-30-16(19)4/h5-11,14H,12-13H2,1-4H3. The molecule has 0 aliphatic rings. The fourth-order valence-corrected chi connectivity index (χ4v) is 4.71. The van der Waals surface area contributed by atoms with Crippen molar-refractivity contribution >= 4 is 15.7 Å². The lowest BCUT2D eigenvalue weighted by Gasteiger charge is -2.27. The number of nitrogens with zero attached hydrogens (tertiary/aromatic N) is 2. The van der Waals surface area contributed by atoms with Crippen molar-refractivity contribution in [3.8, 4) is 5.75 Å². The van der Waals surface area contributed by atoms with E-state index in [1.165, 1.54) is 30.3 Å². The maximum absolute atomic E-state index is 14.4. The predicted octanol–water partition coefficient (Wildman–Crippen LogP) is 5.00. The molecule has 0 atom stereocenters. The van der Waals surface area contributed by atoms with Crippen LogP contribution in [0, 0.1) is 31.4 Å². The minimum atomic E-state index is -4.21. The molecule has 31 heavy (non-hydrogen) atoms. The maximum atomic E-state index is 14.4. The SMILES string of the molecule is Cc1noc(C)c1COc1ccc(S(=O)(=O)N(CC(C)C)c2c(F)cccc2F)cc1. The van der Waals surface area contributed by atoms with Gasteiger partial charge in [0.2, 0.25) is 0 Å². The summed E-state index contributed by atoms with van der Waals surface area (Å²) in [6.07, 6.45) is 0. The zero-order valence-corrected chi connectivity index (χ0v) is 18.5. The molecule has 0 aliphatic carbocycles. The lowest BCUT2D eigenvalue weighted by Crippen LogP contribution is -2.35. The summed E-state index contributed by atoms with van der Waals surface area (Å²) in [4.78, 5) is -0.0968. The maximum Gasteiger partial charge on any atom is 0.264 e. The van der Waals surface area contributed by atoms with E-state index in [0.29, 0.717) is 17.2 Å². The monoisotopic (exact) mass is 450 g/mol. The first-order valence-corrected chi connectivity index (χ1v) is 11.2. The Bertz CT molecular complexity index is 1120. The van der Waals surface area contributed by atoms with Gasteiger partial charge in [-0.2, -0.15) is 0 Å². The highest BCUT2D eigenvalue weighted by molar-refractivity contribution is 7.92. The molecule has 1 aromatic heterocycles. The van der Waals surface area contributed by atoms with Crippen molar-refractivity contribution in [1.29, 1.82) is 0 Å². The highest BCUT2D eigenvalue weighted by atomic mass is 32.2. The molecule has 0 unspecified atom stereocenters. The summed E-state index contributed by atoms with van der Waals surface area (Å²) in [5.74, 6) is -0.960. The molecule has 166 valence electrons. The molecular formula is C22H24F2N2O4S. The first kappa shape index (κ1) is 22.7. The van der Waals surface area contributed by atoms with Gasteiger partial charge in [-0.25, -0.2) is 17.2 Å². The molecule has 0 fully saturated rings. The van der Waals surface area contributed by atoms with Crippen LogP contribution in [0.5, 0.6) is 5.75 Å². The van der Waals surface area contributed by atoms with Crippen LogP contribution in [0.25, 0.3) is 0 Å². The van der Waals surface area contributed by atoms with Crippen molar-refractivity contribution in [1.82, 2.24) is 5.16 Å². The van der Waals surface area contributed by atoms with E-state index in [0.717, 1.165) is 22.0 Å². The van der Waals surface area contributed by atoms with Crippen molar-refractivity contribution in [2.75, 3.05) is 10.8 Å². The van der Waals surface area contributed by atoms with Gasteiger partial charge in [0.1, 0.15) is 23.8 Å². The van der Waals surface area contributed by atoms with Crippen molar-refractivity contribution < 1.29 is 26.5 Å². The average Bonchev–Trinajstić information content (AvgIpc) is 3.03. The Labute approximate surface area is 180 Å². The number of para-hydroxylation sites is 1. The third-order valence-corrected chi connectivity index (χ3v) is 6.47. The summed E-state index contributed by atoms with van der Waals surface area (Å²) >= 11 is 0. The highest BCUT2D eigenvalue weighted by Crippen LogP contribution is 2.30. The first-order valence-electron chi connectivity index (χ1n) is 9.72.